The summed E-state index contributed by atoms with van der Waals surface area (Å²) in [5.74, 6) is 0.611. The third kappa shape index (κ3) is 5.82. The molecule has 2 N–H and O–H groups in total. The Morgan fingerprint density at radius 3 is 2.41 bits per heavy atom. The van der Waals surface area contributed by atoms with Crippen molar-refractivity contribution < 1.29 is 9.53 Å². The number of carbonyl (C=O) groups is 1. The number of ether oxygens (including phenoxy) is 1. The van der Waals surface area contributed by atoms with E-state index in [1.807, 2.05) is 30.3 Å². The maximum Gasteiger partial charge on any atom is 0.251 e. The molecule has 0 aliphatic carbocycles. The second kappa shape index (κ2) is 8.26. The van der Waals surface area contributed by atoms with Gasteiger partial charge in [-0.05, 0) is 76.4 Å². The van der Waals surface area contributed by atoms with Crippen LogP contribution in [0.1, 0.15) is 62.0 Å². The molecule has 1 heterocycles. The van der Waals surface area contributed by atoms with Gasteiger partial charge < -0.3 is 15.4 Å². The van der Waals surface area contributed by atoms with Crippen LogP contribution in [-0.4, -0.2) is 23.0 Å². The van der Waals surface area contributed by atoms with E-state index in [1.165, 1.54) is 0 Å². The number of nitrogens with zero attached hydrogens (tertiary/aromatic N) is 1. The predicted molar refractivity (Wildman–Crippen MR) is 114 cm³/mol. The van der Waals surface area contributed by atoms with Gasteiger partial charge in [-0.1, -0.05) is 18.2 Å². The summed E-state index contributed by atoms with van der Waals surface area (Å²) < 4.78 is 5.74. The van der Waals surface area contributed by atoms with E-state index in [2.05, 4.69) is 44.4 Å². The van der Waals surface area contributed by atoms with Crippen LogP contribution < -0.4 is 15.4 Å². The van der Waals surface area contributed by atoms with Gasteiger partial charge in [0.1, 0.15) is 12.4 Å². The van der Waals surface area contributed by atoms with Crippen LogP contribution in [0, 0.1) is 11.3 Å². The van der Waals surface area contributed by atoms with E-state index in [-0.39, 0.29) is 23.0 Å². The Labute approximate surface area is 173 Å². The van der Waals surface area contributed by atoms with Gasteiger partial charge >= 0.3 is 0 Å². The molecule has 5 heteroatoms. The lowest BCUT2D eigenvalue weighted by molar-refractivity contribution is 0.0873. The molecular weight excluding hydrogens is 362 g/mol. The fourth-order valence-corrected chi connectivity index (χ4v) is 4.27. The molecule has 0 spiro atoms. The van der Waals surface area contributed by atoms with Crippen molar-refractivity contribution in [3.8, 4) is 11.8 Å². The van der Waals surface area contributed by atoms with Gasteiger partial charge in [0, 0.05) is 22.7 Å². The molecule has 0 radical (unpaired) electrons. The zero-order valence-electron chi connectivity index (χ0n) is 17.6. The molecule has 29 heavy (non-hydrogen) atoms. The Morgan fingerprint density at radius 2 is 1.79 bits per heavy atom. The van der Waals surface area contributed by atoms with Crippen molar-refractivity contribution in [3.63, 3.8) is 0 Å². The molecule has 0 atom stereocenters. The van der Waals surface area contributed by atoms with Crippen molar-refractivity contribution in [2.45, 2.75) is 64.3 Å². The van der Waals surface area contributed by atoms with E-state index in [0.717, 1.165) is 18.4 Å². The van der Waals surface area contributed by atoms with E-state index in [9.17, 15) is 4.79 Å². The minimum Gasteiger partial charge on any atom is -0.489 e. The number of amides is 1. The van der Waals surface area contributed by atoms with Gasteiger partial charge in [-0.15, -0.1) is 0 Å². The second-order valence-corrected chi connectivity index (χ2v) is 9.10. The van der Waals surface area contributed by atoms with Crippen LogP contribution in [-0.2, 0) is 6.61 Å². The van der Waals surface area contributed by atoms with E-state index in [0.29, 0.717) is 23.5 Å². The van der Waals surface area contributed by atoms with Gasteiger partial charge in [-0.3, -0.25) is 4.79 Å². The Bertz CT molecular complexity index is 894. The van der Waals surface area contributed by atoms with Gasteiger partial charge in [-0.25, -0.2) is 0 Å². The zero-order chi connectivity index (χ0) is 21.1. The minimum absolute atomic E-state index is 0.0102. The fraction of sp³-hybridized carbons (Fsp3) is 0.417. The lowest BCUT2D eigenvalue weighted by Crippen LogP contribution is -2.62. The van der Waals surface area contributed by atoms with Crippen molar-refractivity contribution >= 4 is 5.91 Å². The number of nitrogens with one attached hydrogen (secondary N) is 2. The quantitative estimate of drug-likeness (QED) is 0.802. The van der Waals surface area contributed by atoms with Crippen molar-refractivity contribution in [3.05, 3.63) is 65.2 Å². The highest BCUT2D eigenvalue weighted by Gasteiger charge is 2.38. The molecule has 1 amide bonds. The first-order valence-corrected chi connectivity index (χ1v) is 9.98. The molecule has 152 valence electrons. The monoisotopic (exact) mass is 391 g/mol. The Hall–Kier alpha value is -2.84. The topological polar surface area (TPSA) is 74.1 Å². The second-order valence-electron chi connectivity index (χ2n) is 9.10. The number of piperidine rings is 1. The minimum atomic E-state index is -0.0438. The smallest absolute Gasteiger partial charge is 0.251 e. The van der Waals surface area contributed by atoms with Gasteiger partial charge in [-0.2, -0.15) is 5.26 Å². The Morgan fingerprint density at radius 1 is 1.14 bits per heavy atom. The molecule has 0 unspecified atom stereocenters. The molecule has 5 nitrogen and oxygen atoms in total. The van der Waals surface area contributed by atoms with Gasteiger partial charge in [0.05, 0.1) is 11.6 Å². The zero-order valence-corrected chi connectivity index (χ0v) is 17.6. The van der Waals surface area contributed by atoms with Gasteiger partial charge in [0.15, 0.2) is 0 Å². The van der Waals surface area contributed by atoms with Crippen LogP contribution >= 0.6 is 0 Å². The fourth-order valence-electron chi connectivity index (χ4n) is 4.27. The molecule has 1 saturated heterocycles. The first-order chi connectivity index (χ1) is 13.7. The number of hydrogen-bond acceptors (Lipinski definition) is 4. The maximum absolute atomic E-state index is 12.7. The lowest BCUT2D eigenvalue weighted by atomic mass is 9.79. The largest absolute Gasteiger partial charge is 0.489 e. The molecule has 2 aromatic rings. The highest BCUT2D eigenvalue weighted by atomic mass is 16.5. The third-order valence-corrected chi connectivity index (χ3v) is 5.11. The molecular formula is C24H29N3O2. The standard InChI is InChI=1S/C24H29N3O2/c1-23(2)13-20(14-24(3,4)27-23)26-22(28)19-10-8-17(9-11-19)16-29-21-7-5-6-18(12-21)15-25/h5-12,20,27H,13-14,16H2,1-4H3,(H,26,28). The summed E-state index contributed by atoms with van der Waals surface area (Å²) >= 11 is 0. The van der Waals surface area contributed by atoms with Gasteiger partial charge in [0.2, 0.25) is 0 Å². The highest BCUT2D eigenvalue weighted by Crippen LogP contribution is 2.28. The molecule has 1 fully saturated rings. The average molecular weight is 392 g/mol. The van der Waals surface area contributed by atoms with E-state index in [1.54, 1.807) is 18.2 Å². The SMILES string of the molecule is CC1(C)CC(NC(=O)c2ccc(COc3cccc(C#N)c3)cc2)CC(C)(C)N1. The van der Waals surface area contributed by atoms with Crippen LogP contribution in [0.15, 0.2) is 48.5 Å². The third-order valence-electron chi connectivity index (χ3n) is 5.11. The lowest BCUT2D eigenvalue weighted by Gasteiger charge is -2.46. The maximum atomic E-state index is 12.7. The highest BCUT2D eigenvalue weighted by molar-refractivity contribution is 5.94. The van der Waals surface area contributed by atoms with Gasteiger partial charge in [0.25, 0.3) is 5.91 Å². The molecule has 0 saturated carbocycles. The number of carbonyl (C=O) groups excluding carboxylic acids is 1. The normalized spacial score (nSPS) is 17.9. The van der Waals surface area contributed by atoms with E-state index in [4.69, 9.17) is 10.00 Å². The first kappa shape index (κ1) is 20.9. The van der Waals surface area contributed by atoms with Crippen LogP contribution in [0.5, 0.6) is 5.75 Å². The van der Waals surface area contributed by atoms with Crippen LogP contribution in [0.4, 0.5) is 0 Å². The number of benzene rings is 2. The Balaban J connectivity index is 1.58. The summed E-state index contributed by atoms with van der Waals surface area (Å²) in [5.41, 5.74) is 2.16. The summed E-state index contributed by atoms with van der Waals surface area (Å²) in [7, 11) is 0. The van der Waals surface area contributed by atoms with Crippen LogP contribution in [0.3, 0.4) is 0 Å². The predicted octanol–water partition coefficient (Wildman–Crippen LogP) is 4.18. The van der Waals surface area contributed by atoms with E-state index < -0.39 is 0 Å². The molecule has 1 aliphatic heterocycles. The van der Waals surface area contributed by atoms with Crippen LogP contribution in [0.2, 0.25) is 0 Å². The van der Waals surface area contributed by atoms with Crippen molar-refractivity contribution in [2.24, 2.45) is 0 Å². The van der Waals surface area contributed by atoms with E-state index >= 15 is 0 Å². The molecule has 0 bridgehead atoms. The number of rotatable bonds is 5. The average Bonchev–Trinajstić information content (AvgIpc) is 2.64. The van der Waals surface area contributed by atoms with Crippen molar-refractivity contribution in [2.75, 3.05) is 0 Å². The first-order valence-electron chi connectivity index (χ1n) is 9.98. The van der Waals surface area contributed by atoms with Crippen molar-refractivity contribution in [1.82, 2.24) is 10.6 Å². The number of nitriles is 1. The summed E-state index contributed by atoms with van der Waals surface area (Å²) in [6, 6.07) is 16.8. The summed E-state index contributed by atoms with van der Waals surface area (Å²) in [6.07, 6.45) is 1.80. The van der Waals surface area contributed by atoms with Crippen molar-refractivity contribution in [1.29, 1.82) is 5.26 Å². The summed E-state index contributed by atoms with van der Waals surface area (Å²) in [5, 5.41) is 15.8. The molecule has 0 aromatic heterocycles. The molecule has 1 aliphatic rings. The summed E-state index contributed by atoms with van der Waals surface area (Å²) in [6.45, 7) is 9.08. The summed E-state index contributed by atoms with van der Waals surface area (Å²) in [4.78, 5) is 12.7. The van der Waals surface area contributed by atoms with Crippen LogP contribution in [0.25, 0.3) is 0 Å². The Kier molecular flexibility index (Phi) is 5.95. The number of hydrogen-bond donors (Lipinski definition) is 2. The molecule has 2 aromatic carbocycles. The molecule has 3 rings (SSSR count).